The minimum atomic E-state index is 0.546. The van der Waals surface area contributed by atoms with Crippen molar-refractivity contribution in [3.63, 3.8) is 0 Å². The lowest BCUT2D eigenvalue weighted by molar-refractivity contribution is 1.09. The van der Waals surface area contributed by atoms with Crippen molar-refractivity contribution in [3.05, 3.63) is 59.9 Å². The van der Waals surface area contributed by atoms with Crippen molar-refractivity contribution in [1.29, 1.82) is 0 Å². The normalized spacial score (nSPS) is 11.0. The second kappa shape index (κ2) is 4.46. The number of hydrogen-bond acceptors (Lipinski definition) is 1. The van der Waals surface area contributed by atoms with Crippen LogP contribution in [0.5, 0.6) is 0 Å². The minimum absolute atomic E-state index is 0.546. The summed E-state index contributed by atoms with van der Waals surface area (Å²) in [6.07, 6.45) is 1.86. The van der Waals surface area contributed by atoms with Crippen LogP contribution < -0.4 is 0 Å². The van der Waals surface area contributed by atoms with Gasteiger partial charge >= 0.3 is 0 Å². The van der Waals surface area contributed by atoms with Crippen LogP contribution in [0.4, 0.5) is 0 Å². The van der Waals surface area contributed by atoms with Crippen LogP contribution in [0.2, 0.25) is 0 Å². The maximum atomic E-state index is 5.80. The number of aromatic nitrogens is 2. The Morgan fingerprint density at radius 3 is 2.61 bits per heavy atom. The average molecular weight is 257 g/mol. The summed E-state index contributed by atoms with van der Waals surface area (Å²) in [6, 6.07) is 14.5. The summed E-state index contributed by atoms with van der Waals surface area (Å²) in [6.45, 7) is 2.08. The zero-order chi connectivity index (χ0) is 12.5. The van der Waals surface area contributed by atoms with Gasteiger partial charge in [-0.3, -0.25) is 4.57 Å². The van der Waals surface area contributed by atoms with Crippen LogP contribution >= 0.6 is 11.6 Å². The summed E-state index contributed by atoms with van der Waals surface area (Å²) in [5.41, 5.74) is 5.61. The molecule has 2 nitrogen and oxygen atoms in total. The summed E-state index contributed by atoms with van der Waals surface area (Å²) in [5.74, 6) is 0.546. The Kier molecular flexibility index (Phi) is 2.80. The molecule has 0 amide bonds. The van der Waals surface area contributed by atoms with Crippen LogP contribution in [0.1, 0.15) is 11.1 Å². The molecular weight excluding hydrogens is 244 g/mol. The van der Waals surface area contributed by atoms with Crippen molar-refractivity contribution < 1.29 is 0 Å². The fourth-order valence-electron chi connectivity index (χ4n) is 2.07. The molecule has 3 aromatic rings. The molecule has 18 heavy (non-hydrogen) atoms. The van der Waals surface area contributed by atoms with Crippen LogP contribution in [0.25, 0.3) is 16.7 Å². The monoisotopic (exact) mass is 256 g/mol. The van der Waals surface area contributed by atoms with E-state index >= 15 is 0 Å². The SMILES string of the molecule is Cc1ccc2c(c1)ncn2-c1ccc(CCl)cc1. The fraction of sp³-hybridized carbons (Fsp3) is 0.133. The molecule has 3 heteroatoms. The Balaban J connectivity index is 2.13. The van der Waals surface area contributed by atoms with E-state index in [1.165, 1.54) is 5.56 Å². The van der Waals surface area contributed by atoms with Gasteiger partial charge in [0.1, 0.15) is 6.33 Å². The number of halogens is 1. The Labute approximate surface area is 111 Å². The van der Waals surface area contributed by atoms with Crippen molar-refractivity contribution >= 4 is 22.6 Å². The highest BCUT2D eigenvalue weighted by Gasteiger charge is 2.04. The Bertz CT molecular complexity index is 683. The number of alkyl halides is 1. The molecule has 0 radical (unpaired) electrons. The predicted octanol–water partition coefficient (Wildman–Crippen LogP) is 4.07. The first-order valence-electron chi connectivity index (χ1n) is 5.87. The third-order valence-electron chi connectivity index (χ3n) is 3.07. The number of benzene rings is 2. The lowest BCUT2D eigenvalue weighted by Crippen LogP contribution is -1.92. The van der Waals surface area contributed by atoms with Gasteiger partial charge in [-0.1, -0.05) is 18.2 Å². The Hall–Kier alpha value is -1.80. The van der Waals surface area contributed by atoms with Gasteiger partial charge in [0.2, 0.25) is 0 Å². The molecule has 0 aliphatic carbocycles. The van der Waals surface area contributed by atoms with Crippen molar-refractivity contribution in [2.24, 2.45) is 0 Å². The van der Waals surface area contributed by atoms with E-state index in [0.29, 0.717) is 5.88 Å². The molecular formula is C15H13ClN2. The Morgan fingerprint density at radius 2 is 1.89 bits per heavy atom. The smallest absolute Gasteiger partial charge is 0.100 e. The molecule has 1 heterocycles. The molecule has 0 spiro atoms. The van der Waals surface area contributed by atoms with Crippen molar-refractivity contribution in [1.82, 2.24) is 9.55 Å². The Morgan fingerprint density at radius 1 is 1.11 bits per heavy atom. The van der Waals surface area contributed by atoms with E-state index in [2.05, 4.69) is 46.8 Å². The molecule has 0 aliphatic rings. The van der Waals surface area contributed by atoms with Gasteiger partial charge in [0.25, 0.3) is 0 Å². The highest BCUT2D eigenvalue weighted by atomic mass is 35.5. The van der Waals surface area contributed by atoms with Crippen LogP contribution in [-0.2, 0) is 5.88 Å². The van der Waals surface area contributed by atoms with E-state index in [-0.39, 0.29) is 0 Å². The maximum Gasteiger partial charge on any atom is 0.100 e. The largest absolute Gasteiger partial charge is 0.299 e. The lowest BCUT2D eigenvalue weighted by Gasteiger charge is -2.05. The molecule has 0 aliphatic heterocycles. The van der Waals surface area contributed by atoms with Gasteiger partial charge in [0.15, 0.2) is 0 Å². The molecule has 0 fully saturated rings. The maximum absolute atomic E-state index is 5.80. The van der Waals surface area contributed by atoms with E-state index in [9.17, 15) is 0 Å². The molecule has 0 saturated heterocycles. The number of rotatable bonds is 2. The minimum Gasteiger partial charge on any atom is -0.299 e. The highest BCUT2D eigenvalue weighted by Crippen LogP contribution is 2.19. The lowest BCUT2D eigenvalue weighted by atomic mass is 10.2. The van der Waals surface area contributed by atoms with Gasteiger partial charge in [0.05, 0.1) is 11.0 Å². The zero-order valence-corrected chi connectivity index (χ0v) is 10.9. The number of hydrogen-bond donors (Lipinski definition) is 0. The van der Waals surface area contributed by atoms with Crippen molar-refractivity contribution in [3.8, 4) is 5.69 Å². The molecule has 0 N–H and O–H groups in total. The van der Waals surface area contributed by atoms with Crippen LogP contribution in [0.3, 0.4) is 0 Å². The number of fused-ring (bicyclic) bond motifs is 1. The van der Waals surface area contributed by atoms with Crippen LogP contribution in [0.15, 0.2) is 48.8 Å². The predicted molar refractivity (Wildman–Crippen MR) is 75.4 cm³/mol. The quantitative estimate of drug-likeness (QED) is 0.632. The summed E-state index contributed by atoms with van der Waals surface area (Å²) in [7, 11) is 0. The molecule has 0 bridgehead atoms. The van der Waals surface area contributed by atoms with Crippen LogP contribution in [0, 0.1) is 6.92 Å². The van der Waals surface area contributed by atoms with E-state index in [1.807, 2.05) is 18.5 Å². The standard InChI is InChI=1S/C15H13ClN2/c1-11-2-7-15-14(8-11)17-10-18(15)13-5-3-12(9-16)4-6-13/h2-8,10H,9H2,1H3. The molecule has 0 unspecified atom stereocenters. The first-order valence-corrected chi connectivity index (χ1v) is 6.40. The van der Waals surface area contributed by atoms with Gasteiger partial charge in [-0.15, -0.1) is 11.6 Å². The van der Waals surface area contributed by atoms with Gasteiger partial charge in [-0.2, -0.15) is 0 Å². The van der Waals surface area contributed by atoms with E-state index in [1.54, 1.807) is 0 Å². The summed E-state index contributed by atoms with van der Waals surface area (Å²) in [4.78, 5) is 4.44. The highest BCUT2D eigenvalue weighted by molar-refractivity contribution is 6.17. The van der Waals surface area contributed by atoms with Crippen LogP contribution in [-0.4, -0.2) is 9.55 Å². The van der Waals surface area contributed by atoms with Gasteiger partial charge in [0, 0.05) is 11.6 Å². The molecule has 0 saturated carbocycles. The summed E-state index contributed by atoms with van der Waals surface area (Å²) < 4.78 is 2.09. The second-order valence-corrected chi connectivity index (χ2v) is 4.67. The average Bonchev–Trinajstić information content (AvgIpc) is 2.81. The zero-order valence-electron chi connectivity index (χ0n) is 10.1. The topological polar surface area (TPSA) is 17.8 Å². The van der Waals surface area contributed by atoms with E-state index in [0.717, 1.165) is 22.3 Å². The van der Waals surface area contributed by atoms with Crippen molar-refractivity contribution in [2.75, 3.05) is 0 Å². The number of nitrogens with zero attached hydrogens (tertiary/aromatic N) is 2. The third-order valence-corrected chi connectivity index (χ3v) is 3.38. The van der Waals surface area contributed by atoms with Gasteiger partial charge in [-0.25, -0.2) is 4.98 Å². The van der Waals surface area contributed by atoms with E-state index < -0.39 is 0 Å². The molecule has 3 rings (SSSR count). The molecule has 1 aromatic heterocycles. The third kappa shape index (κ3) is 1.89. The number of aryl methyl sites for hydroxylation is 1. The summed E-state index contributed by atoms with van der Waals surface area (Å²) in [5, 5.41) is 0. The van der Waals surface area contributed by atoms with Gasteiger partial charge in [-0.05, 0) is 42.3 Å². The first-order chi connectivity index (χ1) is 8.78. The summed E-state index contributed by atoms with van der Waals surface area (Å²) >= 11 is 5.80. The molecule has 0 atom stereocenters. The number of imidazole rings is 1. The van der Waals surface area contributed by atoms with Gasteiger partial charge < -0.3 is 0 Å². The van der Waals surface area contributed by atoms with Crippen molar-refractivity contribution in [2.45, 2.75) is 12.8 Å². The molecule has 2 aromatic carbocycles. The fourth-order valence-corrected chi connectivity index (χ4v) is 2.25. The molecule has 90 valence electrons. The first kappa shape index (κ1) is 11.3. The second-order valence-electron chi connectivity index (χ2n) is 4.41. The van der Waals surface area contributed by atoms with E-state index in [4.69, 9.17) is 11.6 Å².